The quantitative estimate of drug-likeness (QED) is 0.417. The third-order valence-corrected chi connectivity index (χ3v) is 2.49. The molecule has 0 bridgehead atoms. The summed E-state index contributed by atoms with van der Waals surface area (Å²) in [5.74, 6) is 2.24. The maximum Gasteiger partial charge on any atom is 0.150 e. The van der Waals surface area contributed by atoms with Crippen LogP contribution in [0.2, 0.25) is 0 Å². The standard InChI is InChI=1S/C11H21N5/c1-3-10-14-11(4-2)16(15-10)8-6-5-7-9(12)13/h3-8H2,1-2H3,(H3,12,13). The number of nitrogens with two attached hydrogens (primary N) is 1. The Morgan fingerprint density at radius 3 is 2.62 bits per heavy atom. The summed E-state index contributed by atoms with van der Waals surface area (Å²) in [5.41, 5.74) is 5.30. The Bertz CT molecular complexity index is 342. The minimum absolute atomic E-state index is 0.267. The van der Waals surface area contributed by atoms with Gasteiger partial charge in [0.25, 0.3) is 0 Å². The highest BCUT2D eigenvalue weighted by Gasteiger charge is 2.06. The van der Waals surface area contributed by atoms with Gasteiger partial charge in [-0.3, -0.25) is 5.41 Å². The first-order valence-electron chi connectivity index (χ1n) is 5.92. The van der Waals surface area contributed by atoms with Crippen LogP contribution in [0.25, 0.3) is 0 Å². The van der Waals surface area contributed by atoms with Crippen molar-refractivity contribution >= 4 is 5.84 Å². The summed E-state index contributed by atoms with van der Waals surface area (Å²) >= 11 is 0. The molecule has 1 aromatic heterocycles. The average molecular weight is 223 g/mol. The lowest BCUT2D eigenvalue weighted by Crippen LogP contribution is -2.10. The van der Waals surface area contributed by atoms with Gasteiger partial charge in [0, 0.05) is 25.8 Å². The van der Waals surface area contributed by atoms with Gasteiger partial charge in [-0.1, -0.05) is 13.8 Å². The fourth-order valence-corrected chi connectivity index (χ4v) is 1.59. The van der Waals surface area contributed by atoms with E-state index in [9.17, 15) is 0 Å². The normalized spacial score (nSPS) is 10.6. The second-order valence-electron chi connectivity index (χ2n) is 3.86. The fraction of sp³-hybridized carbons (Fsp3) is 0.727. The molecule has 0 saturated heterocycles. The molecule has 0 unspecified atom stereocenters. The lowest BCUT2D eigenvalue weighted by molar-refractivity contribution is 0.537. The molecule has 3 N–H and O–H groups in total. The second kappa shape index (κ2) is 6.25. The number of rotatable bonds is 7. The molecule has 0 atom stereocenters. The van der Waals surface area contributed by atoms with Crippen LogP contribution in [-0.2, 0) is 19.4 Å². The van der Waals surface area contributed by atoms with E-state index in [2.05, 4.69) is 23.9 Å². The molecule has 0 aliphatic heterocycles. The molecule has 0 fully saturated rings. The average Bonchev–Trinajstić information content (AvgIpc) is 2.66. The van der Waals surface area contributed by atoms with Crippen molar-refractivity contribution in [2.24, 2.45) is 5.73 Å². The van der Waals surface area contributed by atoms with Crippen molar-refractivity contribution < 1.29 is 0 Å². The molecule has 1 rings (SSSR count). The largest absolute Gasteiger partial charge is 0.388 e. The van der Waals surface area contributed by atoms with Gasteiger partial charge in [0.15, 0.2) is 5.82 Å². The molecule has 0 aliphatic rings. The number of hydrogen-bond acceptors (Lipinski definition) is 3. The van der Waals surface area contributed by atoms with Crippen molar-refractivity contribution in [1.82, 2.24) is 14.8 Å². The van der Waals surface area contributed by atoms with Crippen LogP contribution in [0.5, 0.6) is 0 Å². The highest BCUT2D eigenvalue weighted by molar-refractivity contribution is 5.76. The molecular formula is C11H21N5. The Hall–Kier alpha value is -1.39. The van der Waals surface area contributed by atoms with Crippen LogP contribution < -0.4 is 5.73 Å². The zero-order valence-electron chi connectivity index (χ0n) is 10.2. The van der Waals surface area contributed by atoms with E-state index >= 15 is 0 Å². The SMILES string of the molecule is CCc1nc(CC)n(CCCCC(=N)N)n1. The monoisotopic (exact) mass is 223 g/mol. The summed E-state index contributed by atoms with van der Waals surface area (Å²) in [6, 6.07) is 0. The first-order chi connectivity index (χ1) is 7.67. The van der Waals surface area contributed by atoms with E-state index in [0.717, 1.165) is 43.9 Å². The van der Waals surface area contributed by atoms with E-state index < -0.39 is 0 Å². The highest BCUT2D eigenvalue weighted by atomic mass is 15.3. The molecule has 1 aromatic rings. The third kappa shape index (κ3) is 3.64. The van der Waals surface area contributed by atoms with E-state index in [0.29, 0.717) is 6.42 Å². The Labute approximate surface area is 96.6 Å². The van der Waals surface area contributed by atoms with Gasteiger partial charge in [0.2, 0.25) is 0 Å². The topological polar surface area (TPSA) is 80.6 Å². The van der Waals surface area contributed by atoms with Crippen LogP contribution in [0.1, 0.15) is 44.8 Å². The van der Waals surface area contributed by atoms with Gasteiger partial charge in [0.05, 0.1) is 5.84 Å². The first kappa shape index (κ1) is 12.7. The van der Waals surface area contributed by atoms with Crippen molar-refractivity contribution in [2.45, 2.75) is 52.5 Å². The molecule has 0 amide bonds. The summed E-state index contributed by atoms with van der Waals surface area (Å²) in [4.78, 5) is 4.45. The van der Waals surface area contributed by atoms with Crippen molar-refractivity contribution in [3.63, 3.8) is 0 Å². The van der Waals surface area contributed by atoms with E-state index in [4.69, 9.17) is 11.1 Å². The molecule has 0 aliphatic carbocycles. The van der Waals surface area contributed by atoms with Crippen LogP contribution in [0.15, 0.2) is 0 Å². The minimum atomic E-state index is 0.267. The molecule has 1 heterocycles. The number of nitrogens with zero attached hydrogens (tertiary/aromatic N) is 3. The van der Waals surface area contributed by atoms with Gasteiger partial charge in [0.1, 0.15) is 5.82 Å². The Balaban J connectivity index is 2.45. The molecule has 5 heteroatoms. The summed E-state index contributed by atoms with van der Waals surface area (Å²) in [6.45, 7) is 5.04. The number of aryl methyl sites for hydroxylation is 3. The fourth-order valence-electron chi connectivity index (χ4n) is 1.59. The van der Waals surface area contributed by atoms with Crippen molar-refractivity contribution in [1.29, 1.82) is 5.41 Å². The molecule has 90 valence electrons. The van der Waals surface area contributed by atoms with E-state index in [1.54, 1.807) is 0 Å². The predicted molar refractivity (Wildman–Crippen MR) is 64.5 cm³/mol. The molecule has 0 aromatic carbocycles. The van der Waals surface area contributed by atoms with Crippen LogP contribution in [0, 0.1) is 5.41 Å². The molecule has 5 nitrogen and oxygen atoms in total. The van der Waals surface area contributed by atoms with E-state index in [-0.39, 0.29) is 5.84 Å². The van der Waals surface area contributed by atoms with Gasteiger partial charge in [-0.25, -0.2) is 9.67 Å². The zero-order valence-corrected chi connectivity index (χ0v) is 10.2. The maximum atomic E-state index is 7.13. The van der Waals surface area contributed by atoms with Crippen molar-refractivity contribution in [2.75, 3.05) is 0 Å². The van der Waals surface area contributed by atoms with Crippen LogP contribution >= 0.6 is 0 Å². The number of hydrogen-bond donors (Lipinski definition) is 2. The molecular weight excluding hydrogens is 202 g/mol. The second-order valence-corrected chi connectivity index (χ2v) is 3.86. The van der Waals surface area contributed by atoms with Crippen molar-refractivity contribution in [3.8, 4) is 0 Å². The first-order valence-corrected chi connectivity index (χ1v) is 5.92. The van der Waals surface area contributed by atoms with Gasteiger partial charge in [-0.05, 0) is 12.8 Å². The van der Waals surface area contributed by atoms with E-state index in [1.807, 2.05) is 4.68 Å². The Kier molecular flexibility index (Phi) is 4.95. The number of amidine groups is 1. The smallest absolute Gasteiger partial charge is 0.150 e. The summed E-state index contributed by atoms with van der Waals surface area (Å²) < 4.78 is 1.99. The van der Waals surface area contributed by atoms with Crippen LogP contribution in [0.4, 0.5) is 0 Å². The number of nitrogens with one attached hydrogen (secondary N) is 1. The van der Waals surface area contributed by atoms with Gasteiger partial charge in [-0.15, -0.1) is 0 Å². The molecule has 0 spiro atoms. The van der Waals surface area contributed by atoms with Gasteiger partial charge < -0.3 is 5.73 Å². The lowest BCUT2D eigenvalue weighted by Gasteiger charge is -2.03. The number of aromatic nitrogens is 3. The van der Waals surface area contributed by atoms with Crippen LogP contribution in [-0.4, -0.2) is 20.6 Å². The predicted octanol–water partition coefficient (Wildman–Crippen LogP) is 1.51. The van der Waals surface area contributed by atoms with Gasteiger partial charge in [-0.2, -0.15) is 5.10 Å². The van der Waals surface area contributed by atoms with Crippen LogP contribution in [0.3, 0.4) is 0 Å². The molecule has 0 radical (unpaired) electrons. The maximum absolute atomic E-state index is 7.13. The van der Waals surface area contributed by atoms with E-state index in [1.165, 1.54) is 0 Å². The minimum Gasteiger partial charge on any atom is -0.388 e. The Morgan fingerprint density at radius 1 is 1.31 bits per heavy atom. The summed E-state index contributed by atoms with van der Waals surface area (Å²) in [5, 5.41) is 11.6. The zero-order chi connectivity index (χ0) is 12.0. The lowest BCUT2D eigenvalue weighted by atomic mass is 10.2. The molecule has 16 heavy (non-hydrogen) atoms. The molecule has 0 saturated carbocycles. The highest BCUT2D eigenvalue weighted by Crippen LogP contribution is 2.04. The Morgan fingerprint density at radius 2 is 2.06 bits per heavy atom. The summed E-state index contributed by atoms with van der Waals surface area (Å²) in [7, 11) is 0. The third-order valence-electron chi connectivity index (χ3n) is 2.49. The summed E-state index contributed by atoms with van der Waals surface area (Å²) in [6.07, 6.45) is 4.42. The number of unbranched alkanes of at least 4 members (excludes halogenated alkanes) is 1. The van der Waals surface area contributed by atoms with Crippen molar-refractivity contribution in [3.05, 3.63) is 11.6 Å². The van der Waals surface area contributed by atoms with Gasteiger partial charge >= 0.3 is 0 Å².